The molecule has 120 valence electrons. The van der Waals surface area contributed by atoms with E-state index in [4.69, 9.17) is 0 Å². The minimum absolute atomic E-state index is 0.0718. The molecular weight excluding hydrogens is 317 g/mol. The van der Waals surface area contributed by atoms with Crippen molar-refractivity contribution in [2.45, 2.75) is 6.18 Å². The maximum absolute atomic E-state index is 12.4. The second-order valence-corrected chi connectivity index (χ2v) is 4.31. The average Bonchev–Trinajstić information content (AvgIpc) is 2.48. The van der Waals surface area contributed by atoms with Crippen molar-refractivity contribution < 1.29 is 23.2 Å². The summed E-state index contributed by atoms with van der Waals surface area (Å²) in [6.07, 6.45) is -2.62. The molecule has 0 saturated carbocycles. The third kappa shape index (κ3) is 4.15. The van der Waals surface area contributed by atoms with Crippen molar-refractivity contribution in [1.29, 1.82) is 0 Å². The maximum atomic E-state index is 12.4. The number of aromatic nitrogens is 1. The topological polar surface area (TPSA) is 101 Å². The second kappa shape index (κ2) is 6.30. The van der Waals surface area contributed by atoms with Gasteiger partial charge >= 0.3 is 11.9 Å². The Labute approximate surface area is 127 Å². The third-order valence-corrected chi connectivity index (χ3v) is 2.68. The lowest BCUT2D eigenvalue weighted by molar-refractivity contribution is -0.385. The number of phenols is 1. The molecule has 23 heavy (non-hydrogen) atoms. The first kappa shape index (κ1) is 16.2. The summed E-state index contributed by atoms with van der Waals surface area (Å²) in [5.74, 6) is -0.410. The lowest BCUT2D eigenvalue weighted by Gasteiger charge is -2.06. The Morgan fingerprint density at radius 2 is 2.04 bits per heavy atom. The highest BCUT2D eigenvalue weighted by atomic mass is 19.4. The van der Waals surface area contributed by atoms with E-state index in [-0.39, 0.29) is 5.82 Å². The summed E-state index contributed by atoms with van der Waals surface area (Å²) in [4.78, 5) is 13.5. The number of benzene rings is 1. The van der Waals surface area contributed by atoms with Gasteiger partial charge in [-0.05, 0) is 24.3 Å². The zero-order valence-corrected chi connectivity index (χ0v) is 11.3. The monoisotopic (exact) mass is 326 g/mol. The van der Waals surface area contributed by atoms with Crippen LogP contribution in [0.1, 0.15) is 11.1 Å². The standard InChI is InChI=1S/C13H9F3N4O3/c14-13(15,16)9-2-4-12(17-7-9)19-18-6-8-1-3-11(21)10(5-8)20(22)23/h1-7,21H,(H,17,19)/b18-6+. The summed E-state index contributed by atoms with van der Waals surface area (Å²) < 4.78 is 37.1. The van der Waals surface area contributed by atoms with Crippen LogP contribution >= 0.6 is 0 Å². The highest BCUT2D eigenvalue weighted by Crippen LogP contribution is 2.29. The number of nitro groups is 1. The molecule has 0 atom stereocenters. The van der Waals surface area contributed by atoms with Gasteiger partial charge in [0.05, 0.1) is 16.7 Å². The number of nitrogens with one attached hydrogen (secondary N) is 1. The van der Waals surface area contributed by atoms with Gasteiger partial charge in [-0.15, -0.1) is 0 Å². The fraction of sp³-hybridized carbons (Fsp3) is 0.0769. The van der Waals surface area contributed by atoms with Crippen molar-refractivity contribution in [3.05, 3.63) is 57.8 Å². The van der Waals surface area contributed by atoms with Gasteiger partial charge in [-0.3, -0.25) is 15.5 Å². The molecule has 0 aliphatic heterocycles. The molecule has 0 unspecified atom stereocenters. The van der Waals surface area contributed by atoms with Gasteiger partial charge in [-0.25, -0.2) is 4.98 Å². The van der Waals surface area contributed by atoms with Crippen LogP contribution in [0.15, 0.2) is 41.6 Å². The number of rotatable bonds is 4. The van der Waals surface area contributed by atoms with Gasteiger partial charge in [0.15, 0.2) is 5.75 Å². The van der Waals surface area contributed by atoms with Crippen molar-refractivity contribution in [3.8, 4) is 5.75 Å². The zero-order chi connectivity index (χ0) is 17.0. The number of halogens is 3. The van der Waals surface area contributed by atoms with Gasteiger partial charge in [0.2, 0.25) is 0 Å². The molecule has 10 heteroatoms. The van der Waals surface area contributed by atoms with Crippen LogP contribution in [0.3, 0.4) is 0 Å². The molecule has 1 aromatic carbocycles. The summed E-state index contributed by atoms with van der Waals surface area (Å²) in [5, 5.41) is 23.7. The van der Waals surface area contributed by atoms with Crippen LogP contribution in [0.5, 0.6) is 5.75 Å². The molecule has 2 N–H and O–H groups in total. The number of hydrogen-bond acceptors (Lipinski definition) is 6. The highest BCUT2D eigenvalue weighted by Gasteiger charge is 2.30. The predicted octanol–water partition coefficient (Wildman–Crippen LogP) is 3.16. The van der Waals surface area contributed by atoms with Gasteiger partial charge in [0.25, 0.3) is 0 Å². The Bertz CT molecular complexity index is 745. The van der Waals surface area contributed by atoms with E-state index >= 15 is 0 Å². The number of phenolic OH excluding ortho intramolecular Hbond substituents is 1. The van der Waals surface area contributed by atoms with Gasteiger partial charge in [0, 0.05) is 17.8 Å². The molecule has 1 aromatic heterocycles. The lowest BCUT2D eigenvalue weighted by atomic mass is 10.2. The van der Waals surface area contributed by atoms with Crippen LogP contribution < -0.4 is 5.43 Å². The van der Waals surface area contributed by atoms with Gasteiger partial charge in [-0.1, -0.05) is 0 Å². The molecule has 0 amide bonds. The Morgan fingerprint density at radius 1 is 1.30 bits per heavy atom. The number of aromatic hydroxyl groups is 1. The van der Waals surface area contributed by atoms with Crippen molar-refractivity contribution in [2.75, 3.05) is 5.43 Å². The smallest absolute Gasteiger partial charge is 0.417 e. The average molecular weight is 326 g/mol. The summed E-state index contributed by atoms with van der Waals surface area (Å²) in [5.41, 5.74) is 1.34. The quantitative estimate of drug-likeness (QED) is 0.510. The Kier molecular flexibility index (Phi) is 4.44. The second-order valence-electron chi connectivity index (χ2n) is 4.31. The van der Waals surface area contributed by atoms with Crippen molar-refractivity contribution in [3.63, 3.8) is 0 Å². The molecule has 1 heterocycles. The van der Waals surface area contributed by atoms with Crippen LogP contribution in [0.25, 0.3) is 0 Å². The Hall–Kier alpha value is -3.17. The predicted molar refractivity (Wildman–Crippen MR) is 75.2 cm³/mol. The number of alkyl halides is 3. The van der Waals surface area contributed by atoms with Crippen LogP contribution in [-0.2, 0) is 6.18 Å². The Balaban J connectivity index is 2.07. The molecule has 0 bridgehead atoms. The fourth-order valence-corrected chi connectivity index (χ4v) is 1.57. The van der Waals surface area contributed by atoms with Gasteiger partial charge in [0.1, 0.15) is 5.82 Å². The van der Waals surface area contributed by atoms with Gasteiger partial charge < -0.3 is 5.11 Å². The molecule has 0 aliphatic carbocycles. The summed E-state index contributed by atoms with van der Waals surface area (Å²) in [6, 6.07) is 5.56. The van der Waals surface area contributed by atoms with E-state index in [2.05, 4.69) is 15.5 Å². The van der Waals surface area contributed by atoms with E-state index in [0.29, 0.717) is 11.8 Å². The SMILES string of the molecule is O=[N+]([O-])c1cc(/C=N/Nc2ccc(C(F)(F)F)cn2)ccc1O. The van der Waals surface area contributed by atoms with Crippen molar-refractivity contribution in [2.24, 2.45) is 5.10 Å². The molecule has 0 fully saturated rings. The van der Waals surface area contributed by atoms with Crippen molar-refractivity contribution >= 4 is 17.7 Å². The number of anilines is 1. The normalized spacial score (nSPS) is 11.6. The Morgan fingerprint density at radius 3 is 2.61 bits per heavy atom. The first-order valence-electron chi connectivity index (χ1n) is 6.07. The molecule has 0 spiro atoms. The summed E-state index contributed by atoms with van der Waals surface area (Å²) in [7, 11) is 0. The number of hydrogen-bond donors (Lipinski definition) is 2. The van der Waals surface area contributed by atoms with Crippen LogP contribution in [-0.4, -0.2) is 21.2 Å². The zero-order valence-electron chi connectivity index (χ0n) is 11.3. The highest BCUT2D eigenvalue weighted by molar-refractivity contribution is 5.82. The number of pyridine rings is 1. The van der Waals surface area contributed by atoms with E-state index in [0.717, 1.165) is 24.3 Å². The molecule has 2 aromatic rings. The van der Waals surface area contributed by atoms with E-state index in [1.54, 1.807) is 0 Å². The minimum Gasteiger partial charge on any atom is -0.502 e. The third-order valence-electron chi connectivity index (χ3n) is 2.68. The van der Waals surface area contributed by atoms with E-state index in [1.807, 2.05) is 0 Å². The molecule has 0 aliphatic rings. The molecule has 2 rings (SSSR count). The van der Waals surface area contributed by atoms with Gasteiger partial charge in [-0.2, -0.15) is 18.3 Å². The molecule has 7 nitrogen and oxygen atoms in total. The van der Waals surface area contributed by atoms with E-state index in [9.17, 15) is 28.4 Å². The van der Waals surface area contributed by atoms with E-state index < -0.39 is 28.1 Å². The first-order chi connectivity index (χ1) is 10.8. The summed E-state index contributed by atoms with van der Waals surface area (Å²) >= 11 is 0. The maximum Gasteiger partial charge on any atom is 0.417 e. The lowest BCUT2D eigenvalue weighted by Crippen LogP contribution is -2.05. The number of nitrogens with zero attached hydrogens (tertiary/aromatic N) is 3. The largest absolute Gasteiger partial charge is 0.502 e. The van der Waals surface area contributed by atoms with Crippen LogP contribution in [0.4, 0.5) is 24.7 Å². The summed E-state index contributed by atoms with van der Waals surface area (Å²) in [6.45, 7) is 0. The number of hydrazone groups is 1. The first-order valence-corrected chi connectivity index (χ1v) is 6.07. The van der Waals surface area contributed by atoms with Crippen molar-refractivity contribution in [1.82, 2.24) is 4.98 Å². The van der Waals surface area contributed by atoms with Crippen LogP contribution in [0.2, 0.25) is 0 Å². The minimum atomic E-state index is -4.47. The molecule has 0 radical (unpaired) electrons. The number of nitro benzene ring substituents is 1. The molecular formula is C13H9F3N4O3. The van der Waals surface area contributed by atoms with Crippen LogP contribution in [0, 0.1) is 10.1 Å². The fourth-order valence-electron chi connectivity index (χ4n) is 1.57. The molecule has 0 saturated heterocycles. The van der Waals surface area contributed by atoms with E-state index in [1.165, 1.54) is 12.3 Å².